The van der Waals surface area contributed by atoms with E-state index in [1.807, 2.05) is 18.2 Å². The standard InChI is InChI=1S/C49H33N3O/c1-3-12-32(13-4-1)33-24-30-38(31-25-33)48-50-47(37-15-5-2-6-16-37)51-49(52-48)43-22-11-23-44-45(43)42-21-10-20-41(46(42)53-44)36-28-26-35(27-29-36)40-19-9-17-34-14-7-8-18-39(34)40/h1,3-5,7-31H,2,6H2. The molecule has 53 heavy (non-hydrogen) atoms. The van der Waals surface area contributed by atoms with E-state index in [0.717, 1.165) is 68.2 Å². The van der Waals surface area contributed by atoms with Crippen LogP contribution in [0.5, 0.6) is 0 Å². The van der Waals surface area contributed by atoms with E-state index in [1.165, 1.54) is 27.5 Å². The maximum atomic E-state index is 6.70. The van der Waals surface area contributed by atoms with Crippen molar-refractivity contribution in [2.24, 2.45) is 0 Å². The molecule has 0 amide bonds. The van der Waals surface area contributed by atoms with Crippen molar-refractivity contribution in [1.29, 1.82) is 0 Å². The third-order valence-electron chi connectivity index (χ3n) is 10.2. The summed E-state index contributed by atoms with van der Waals surface area (Å²) in [5, 5.41) is 4.51. The number of hydrogen-bond donors (Lipinski definition) is 0. The Balaban J connectivity index is 1.08. The predicted molar refractivity (Wildman–Crippen MR) is 218 cm³/mol. The van der Waals surface area contributed by atoms with Crippen molar-refractivity contribution < 1.29 is 4.42 Å². The molecule has 1 aliphatic carbocycles. The molecule has 0 atom stereocenters. The van der Waals surface area contributed by atoms with Gasteiger partial charge in [0.05, 0.1) is 0 Å². The fourth-order valence-electron chi connectivity index (χ4n) is 7.54. The fraction of sp³-hybridized carbons (Fsp3) is 0.0408. The van der Waals surface area contributed by atoms with Crippen LogP contribution in [-0.4, -0.2) is 15.0 Å². The zero-order valence-corrected chi connectivity index (χ0v) is 28.9. The molecule has 250 valence electrons. The van der Waals surface area contributed by atoms with Crippen LogP contribution in [-0.2, 0) is 0 Å². The lowest BCUT2D eigenvalue weighted by Gasteiger charge is -2.11. The van der Waals surface area contributed by atoms with Gasteiger partial charge >= 0.3 is 0 Å². The molecule has 0 bridgehead atoms. The van der Waals surface area contributed by atoms with Crippen molar-refractivity contribution >= 4 is 38.3 Å². The number of furan rings is 1. The number of nitrogens with zero attached hydrogens (tertiary/aromatic N) is 3. The van der Waals surface area contributed by atoms with E-state index in [2.05, 4.69) is 158 Å². The Morgan fingerprint density at radius 3 is 1.85 bits per heavy atom. The monoisotopic (exact) mass is 679 g/mol. The van der Waals surface area contributed by atoms with Gasteiger partial charge in [-0.1, -0.05) is 170 Å². The van der Waals surface area contributed by atoms with Crippen molar-refractivity contribution in [3.8, 4) is 56.2 Å². The highest BCUT2D eigenvalue weighted by Crippen LogP contribution is 2.41. The van der Waals surface area contributed by atoms with Gasteiger partial charge in [-0.15, -0.1) is 0 Å². The Morgan fingerprint density at radius 1 is 0.415 bits per heavy atom. The number of rotatable bonds is 6. The molecule has 0 saturated heterocycles. The lowest BCUT2D eigenvalue weighted by molar-refractivity contribution is 0.670. The summed E-state index contributed by atoms with van der Waals surface area (Å²) in [7, 11) is 0. The normalized spacial score (nSPS) is 12.8. The van der Waals surface area contributed by atoms with Gasteiger partial charge in [-0.3, -0.25) is 0 Å². The van der Waals surface area contributed by atoms with Crippen LogP contribution < -0.4 is 0 Å². The van der Waals surface area contributed by atoms with Crippen LogP contribution in [0.2, 0.25) is 0 Å². The number of benzene rings is 7. The molecule has 9 aromatic rings. The van der Waals surface area contributed by atoms with Crippen LogP contribution in [0.1, 0.15) is 18.7 Å². The van der Waals surface area contributed by atoms with Crippen molar-refractivity contribution in [3.05, 3.63) is 182 Å². The Bertz CT molecular complexity index is 2860. The summed E-state index contributed by atoms with van der Waals surface area (Å²) in [4.78, 5) is 15.3. The van der Waals surface area contributed by atoms with Gasteiger partial charge in [0.1, 0.15) is 11.2 Å². The minimum absolute atomic E-state index is 0.621. The molecule has 0 fully saturated rings. The van der Waals surface area contributed by atoms with Gasteiger partial charge in [-0.2, -0.15) is 0 Å². The van der Waals surface area contributed by atoms with Gasteiger partial charge in [0.25, 0.3) is 0 Å². The maximum absolute atomic E-state index is 6.70. The minimum atomic E-state index is 0.621. The smallest absolute Gasteiger partial charge is 0.164 e. The summed E-state index contributed by atoms with van der Waals surface area (Å²) in [6.45, 7) is 0. The Labute approximate surface area is 307 Å². The Kier molecular flexibility index (Phi) is 7.58. The van der Waals surface area contributed by atoms with E-state index >= 15 is 0 Å². The second-order valence-corrected chi connectivity index (χ2v) is 13.5. The number of fused-ring (bicyclic) bond motifs is 4. The van der Waals surface area contributed by atoms with E-state index in [-0.39, 0.29) is 0 Å². The minimum Gasteiger partial charge on any atom is -0.455 e. The van der Waals surface area contributed by atoms with Crippen LogP contribution >= 0.6 is 0 Å². The summed E-state index contributed by atoms with van der Waals surface area (Å²) < 4.78 is 6.70. The second-order valence-electron chi connectivity index (χ2n) is 13.5. The molecule has 2 aromatic heterocycles. The van der Waals surface area contributed by atoms with Gasteiger partial charge in [-0.25, -0.2) is 15.0 Å². The highest BCUT2D eigenvalue weighted by Gasteiger charge is 2.20. The molecule has 7 aromatic carbocycles. The lowest BCUT2D eigenvalue weighted by atomic mass is 9.95. The second kappa shape index (κ2) is 13.0. The first-order valence-corrected chi connectivity index (χ1v) is 18.1. The Morgan fingerprint density at radius 2 is 1.02 bits per heavy atom. The number of aromatic nitrogens is 3. The predicted octanol–water partition coefficient (Wildman–Crippen LogP) is 13.0. The molecule has 0 spiro atoms. The molecule has 10 rings (SSSR count). The third-order valence-corrected chi connectivity index (χ3v) is 10.2. The van der Waals surface area contributed by atoms with Crippen molar-refractivity contribution in [2.75, 3.05) is 0 Å². The van der Waals surface area contributed by atoms with Crippen LogP contribution in [0, 0.1) is 0 Å². The largest absolute Gasteiger partial charge is 0.455 e. The molecule has 4 nitrogen and oxygen atoms in total. The molecule has 0 radical (unpaired) electrons. The summed E-state index contributed by atoms with van der Waals surface area (Å²) in [6.07, 6.45) is 8.50. The fourth-order valence-corrected chi connectivity index (χ4v) is 7.54. The summed E-state index contributed by atoms with van der Waals surface area (Å²) in [5.74, 6) is 1.93. The van der Waals surface area contributed by atoms with Gasteiger partial charge in [0.2, 0.25) is 0 Å². The average molecular weight is 680 g/mol. The molecule has 1 aliphatic rings. The number of para-hydroxylation sites is 1. The molecule has 0 N–H and O–H groups in total. The average Bonchev–Trinajstić information content (AvgIpc) is 3.63. The molecule has 4 heteroatoms. The van der Waals surface area contributed by atoms with Crippen LogP contribution in [0.3, 0.4) is 0 Å². The lowest BCUT2D eigenvalue weighted by Crippen LogP contribution is -2.03. The molecule has 0 unspecified atom stereocenters. The molecular weight excluding hydrogens is 647 g/mol. The SMILES string of the molecule is C1=CC(c2nc(-c3ccc(-c4ccccc4)cc3)nc(-c3cccc4oc5c(-c6ccc(-c7cccc8ccccc78)cc6)cccc5c34)n2)=CCC1. The highest BCUT2D eigenvalue weighted by atomic mass is 16.3. The van der Waals surface area contributed by atoms with Crippen molar-refractivity contribution in [2.45, 2.75) is 12.8 Å². The van der Waals surface area contributed by atoms with Gasteiger partial charge in [0.15, 0.2) is 17.5 Å². The van der Waals surface area contributed by atoms with Gasteiger partial charge in [0, 0.05) is 33.0 Å². The highest BCUT2D eigenvalue weighted by molar-refractivity contribution is 6.15. The molecule has 0 aliphatic heterocycles. The van der Waals surface area contributed by atoms with Crippen LogP contribution in [0.4, 0.5) is 0 Å². The number of hydrogen-bond acceptors (Lipinski definition) is 4. The third kappa shape index (κ3) is 5.62. The van der Waals surface area contributed by atoms with Gasteiger partial charge in [-0.05, 0) is 57.5 Å². The van der Waals surface area contributed by atoms with Gasteiger partial charge < -0.3 is 4.42 Å². The van der Waals surface area contributed by atoms with Crippen molar-refractivity contribution in [3.63, 3.8) is 0 Å². The quantitative estimate of drug-likeness (QED) is 0.175. The zero-order valence-electron chi connectivity index (χ0n) is 28.9. The van der Waals surface area contributed by atoms with E-state index < -0.39 is 0 Å². The first kappa shape index (κ1) is 30.9. The van der Waals surface area contributed by atoms with E-state index in [1.54, 1.807) is 0 Å². The first-order chi connectivity index (χ1) is 26.3. The van der Waals surface area contributed by atoms with E-state index in [9.17, 15) is 0 Å². The van der Waals surface area contributed by atoms with Crippen LogP contribution in [0.25, 0.3) is 94.4 Å². The number of allylic oxidation sites excluding steroid dienone is 4. The van der Waals surface area contributed by atoms with E-state index in [4.69, 9.17) is 19.4 Å². The topological polar surface area (TPSA) is 51.8 Å². The Hall–Kier alpha value is -6.91. The zero-order chi connectivity index (χ0) is 35.1. The summed E-state index contributed by atoms with van der Waals surface area (Å²) in [5.41, 5.74) is 11.4. The molecule has 2 heterocycles. The van der Waals surface area contributed by atoms with Crippen molar-refractivity contribution in [1.82, 2.24) is 15.0 Å². The van der Waals surface area contributed by atoms with E-state index in [0.29, 0.717) is 17.5 Å². The molecular formula is C49H33N3O. The maximum Gasteiger partial charge on any atom is 0.164 e. The first-order valence-electron chi connectivity index (χ1n) is 18.1. The summed E-state index contributed by atoms with van der Waals surface area (Å²) in [6, 6.07) is 55.2. The summed E-state index contributed by atoms with van der Waals surface area (Å²) >= 11 is 0. The van der Waals surface area contributed by atoms with Crippen LogP contribution in [0.15, 0.2) is 180 Å². The molecule has 0 saturated carbocycles.